The number of halogens is 1. The van der Waals surface area contributed by atoms with Crippen LogP contribution in [-0.4, -0.2) is 29.9 Å². The van der Waals surface area contributed by atoms with Gasteiger partial charge in [-0.1, -0.05) is 23.7 Å². The summed E-state index contributed by atoms with van der Waals surface area (Å²) in [7, 11) is 3.22. The average molecular weight is 384 g/mol. The number of fused-ring (bicyclic) bond motifs is 1. The van der Waals surface area contributed by atoms with E-state index in [1.807, 2.05) is 36.4 Å². The molecule has 1 aliphatic rings. The van der Waals surface area contributed by atoms with E-state index in [2.05, 4.69) is 10.4 Å². The van der Waals surface area contributed by atoms with E-state index in [0.29, 0.717) is 34.4 Å². The molecule has 4 rings (SSSR count). The number of nitrogens with one attached hydrogen (secondary N) is 1. The number of para-hydroxylation sites is 1. The molecule has 0 saturated carbocycles. The van der Waals surface area contributed by atoms with Crippen molar-refractivity contribution in [3.8, 4) is 17.2 Å². The van der Waals surface area contributed by atoms with E-state index in [-0.39, 0.29) is 11.8 Å². The fourth-order valence-corrected chi connectivity index (χ4v) is 3.63. The van der Waals surface area contributed by atoms with Crippen molar-refractivity contribution >= 4 is 23.3 Å². The minimum atomic E-state index is -0.199. The molecule has 0 bridgehead atoms. The van der Waals surface area contributed by atoms with Crippen LogP contribution in [0.2, 0.25) is 5.02 Å². The molecule has 1 aliphatic heterocycles. The van der Waals surface area contributed by atoms with Crippen molar-refractivity contribution in [2.24, 2.45) is 0 Å². The topological polar surface area (TPSA) is 65.4 Å². The van der Waals surface area contributed by atoms with Crippen molar-refractivity contribution < 1.29 is 14.3 Å². The second kappa shape index (κ2) is 6.96. The molecule has 0 spiro atoms. The lowest BCUT2D eigenvalue weighted by Crippen LogP contribution is -2.25. The summed E-state index contributed by atoms with van der Waals surface area (Å²) in [5, 5.41) is 7.97. The summed E-state index contributed by atoms with van der Waals surface area (Å²) in [6, 6.07) is 13.0. The van der Waals surface area contributed by atoms with Gasteiger partial charge >= 0.3 is 0 Å². The SMILES string of the molecule is COc1ccc(OC)c(C2CC(=O)Nc3c2cnn3-c2ccccc2Cl)c1. The maximum atomic E-state index is 12.5. The Bertz CT molecular complexity index is 1020. The summed E-state index contributed by atoms with van der Waals surface area (Å²) >= 11 is 6.33. The predicted molar refractivity (Wildman–Crippen MR) is 103 cm³/mol. The zero-order valence-corrected chi connectivity index (χ0v) is 15.7. The first-order valence-electron chi connectivity index (χ1n) is 8.47. The van der Waals surface area contributed by atoms with Crippen LogP contribution in [0.1, 0.15) is 23.5 Å². The van der Waals surface area contributed by atoms with Crippen LogP contribution in [-0.2, 0) is 4.79 Å². The highest BCUT2D eigenvalue weighted by atomic mass is 35.5. The van der Waals surface area contributed by atoms with E-state index >= 15 is 0 Å². The van der Waals surface area contributed by atoms with Crippen molar-refractivity contribution in [3.05, 3.63) is 64.8 Å². The van der Waals surface area contributed by atoms with Gasteiger partial charge in [-0.15, -0.1) is 0 Å². The Hall–Kier alpha value is -2.99. The monoisotopic (exact) mass is 383 g/mol. The fourth-order valence-electron chi connectivity index (χ4n) is 3.42. The molecule has 6 nitrogen and oxygen atoms in total. The van der Waals surface area contributed by atoms with Gasteiger partial charge in [0, 0.05) is 23.5 Å². The van der Waals surface area contributed by atoms with Crippen LogP contribution < -0.4 is 14.8 Å². The molecule has 27 heavy (non-hydrogen) atoms. The van der Waals surface area contributed by atoms with Crippen LogP contribution in [0.15, 0.2) is 48.7 Å². The van der Waals surface area contributed by atoms with Gasteiger partial charge in [-0.05, 0) is 30.3 Å². The van der Waals surface area contributed by atoms with Crippen LogP contribution >= 0.6 is 11.6 Å². The Balaban J connectivity index is 1.86. The maximum absolute atomic E-state index is 12.5. The van der Waals surface area contributed by atoms with Gasteiger partial charge in [0.25, 0.3) is 0 Å². The third kappa shape index (κ3) is 3.02. The molecule has 3 aromatic rings. The summed E-state index contributed by atoms with van der Waals surface area (Å²) in [6.45, 7) is 0. The van der Waals surface area contributed by atoms with Crippen LogP contribution in [0.4, 0.5) is 5.82 Å². The average Bonchev–Trinajstić information content (AvgIpc) is 3.10. The Labute approximate surface area is 161 Å². The Kier molecular flexibility index (Phi) is 4.49. The van der Waals surface area contributed by atoms with Crippen LogP contribution in [0.3, 0.4) is 0 Å². The first kappa shape index (κ1) is 17.4. The molecule has 2 heterocycles. The molecule has 0 fully saturated rings. The number of aromatic nitrogens is 2. The molecule has 1 N–H and O–H groups in total. The van der Waals surface area contributed by atoms with Crippen molar-refractivity contribution in [2.45, 2.75) is 12.3 Å². The number of methoxy groups -OCH3 is 2. The molecule has 0 radical (unpaired) electrons. The number of ether oxygens (including phenoxy) is 2. The summed E-state index contributed by atoms with van der Waals surface area (Å²) in [6.07, 6.45) is 2.06. The van der Waals surface area contributed by atoms with E-state index in [9.17, 15) is 4.79 Å². The standard InChI is InChI=1S/C20H18ClN3O3/c1-26-12-7-8-18(27-2)14(9-12)13-10-19(25)23-20-15(13)11-22-24(20)17-6-4-3-5-16(17)21/h3-9,11,13H,10H2,1-2H3,(H,23,25). The number of carbonyl (C=O) groups excluding carboxylic acids is 1. The van der Waals surface area contributed by atoms with E-state index in [0.717, 1.165) is 11.1 Å². The van der Waals surface area contributed by atoms with E-state index in [1.165, 1.54) is 0 Å². The van der Waals surface area contributed by atoms with Crippen molar-refractivity contribution in [1.82, 2.24) is 9.78 Å². The lowest BCUT2D eigenvalue weighted by atomic mass is 9.86. The quantitative estimate of drug-likeness (QED) is 0.739. The Morgan fingerprint density at radius 2 is 1.96 bits per heavy atom. The van der Waals surface area contributed by atoms with Gasteiger partial charge in [-0.3, -0.25) is 4.79 Å². The Morgan fingerprint density at radius 1 is 1.15 bits per heavy atom. The molecule has 1 amide bonds. The minimum Gasteiger partial charge on any atom is -0.497 e. The van der Waals surface area contributed by atoms with Crippen LogP contribution in [0.5, 0.6) is 11.5 Å². The molecular weight excluding hydrogens is 366 g/mol. The van der Waals surface area contributed by atoms with Crippen LogP contribution in [0, 0.1) is 0 Å². The van der Waals surface area contributed by atoms with Gasteiger partial charge in [0.2, 0.25) is 5.91 Å². The normalized spacial score (nSPS) is 15.8. The summed E-state index contributed by atoms with van der Waals surface area (Å²) in [4.78, 5) is 12.5. The maximum Gasteiger partial charge on any atom is 0.226 e. The highest BCUT2D eigenvalue weighted by molar-refractivity contribution is 6.32. The van der Waals surface area contributed by atoms with Gasteiger partial charge < -0.3 is 14.8 Å². The van der Waals surface area contributed by atoms with Crippen molar-refractivity contribution in [2.75, 3.05) is 19.5 Å². The minimum absolute atomic E-state index is 0.0915. The number of benzene rings is 2. The number of rotatable bonds is 4. The number of anilines is 1. The fraction of sp³-hybridized carbons (Fsp3) is 0.200. The Morgan fingerprint density at radius 3 is 2.70 bits per heavy atom. The molecule has 0 saturated heterocycles. The lowest BCUT2D eigenvalue weighted by molar-refractivity contribution is -0.116. The third-order valence-electron chi connectivity index (χ3n) is 4.71. The van der Waals surface area contributed by atoms with Gasteiger partial charge in [-0.2, -0.15) is 5.10 Å². The number of hydrogen-bond acceptors (Lipinski definition) is 4. The predicted octanol–water partition coefficient (Wildman–Crippen LogP) is 4.02. The molecule has 7 heteroatoms. The molecule has 138 valence electrons. The first-order valence-corrected chi connectivity index (χ1v) is 8.84. The van der Waals surface area contributed by atoms with Gasteiger partial charge in [-0.25, -0.2) is 4.68 Å². The molecule has 2 aromatic carbocycles. The second-order valence-electron chi connectivity index (χ2n) is 6.22. The summed E-state index contributed by atoms with van der Waals surface area (Å²) in [5.41, 5.74) is 2.49. The van der Waals surface area contributed by atoms with Crippen molar-refractivity contribution in [3.63, 3.8) is 0 Å². The van der Waals surface area contributed by atoms with E-state index in [1.54, 1.807) is 31.2 Å². The molecule has 0 aliphatic carbocycles. The molecule has 1 atom stereocenters. The second-order valence-corrected chi connectivity index (χ2v) is 6.63. The smallest absolute Gasteiger partial charge is 0.226 e. The number of hydrogen-bond donors (Lipinski definition) is 1. The summed E-state index contributed by atoms with van der Waals surface area (Å²) < 4.78 is 12.5. The number of amides is 1. The molecule has 1 aromatic heterocycles. The van der Waals surface area contributed by atoms with Gasteiger partial charge in [0.05, 0.1) is 31.1 Å². The largest absolute Gasteiger partial charge is 0.497 e. The number of carbonyl (C=O) groups is 1. The number of nitrogens with zero attached hydrogens (tertiary/aromatic N) is 2. The zero-order valence-electron chi connectivity index (χ0n) is 14.9. The summed E-state index contributed by atoms with van der Waals surface area (Å²) in [5.74, 6) is 1.74. The van der Waals surface area contributed by atoms with Gasteiger partial charge in [0.15, 0.2) is 0 Å². The highest BCUT2D eigenvalue weighted by Crippen LogP contribution is 2.43. The van der Waals surface area contributed by atoms with Crippen molar-refractivity contribution in [1.29, 1.82) is 0 Å². The van der Waals surface area contributed by atoms with Gasteiger partial charge in [0.1, 0.15) is 17.3 Å². The first-order chi connectivity index (χ1) is 13.1. The lowest BCUT2D eigenvalue weighted by Gasteiger charge is -2.25. The van der Waals surface area contributed by atoms with Crippen LogP contribution in [0.25, 0.3) is 5.69 Å². The molecule has 1 unspecified atom stereocenters. The molecular formula is C20H18ClN3O3. The van der Waals surface area contributed by atoms with E-state index < -0.39 is 0 Å². The third-order valence-corrected chi connectivity index (χ3v) is 5.03. The zero-order chi connectivity index (χ0) is 19.0. The van der Waals surface area contributed by atoms with E-state index in [4.69, 9.17) is 21.1 Å². The highest BCUT2D eigenvalue weighted by Gasteiger charge is 2.32.